The van der Waals surface area contributed by atoms with Crippen molar-refractivity contribution < 1.29 is 18.0 Å². The third-order valence-corrected chi connectivity index (χ3v) is 9.14. The van der Waals surface area contributed by atoms with Gasteiger partial charge in [0.05, 0.1) is 10.4 Å². The lowest BCUT2D eigenvalue weighted by Gasteiger charge is -2.30. The molecule has 1 saturated carbocycles. The summed E-state index contributed by atoms with van der Waals surface area (Å²) in [6, 6.07) is 4.49. The van der Waals surface area contributed by atoms with E-state index in [4.69, 9.17) is 0 Å². The van der Waals surface area contributed by atoms with E-state index in [0.29, 0.717) is 31.4 Å². The maximum Gasteiger partial charge on any atom is 0.256 e. The predicted octanol–water partition coefficient (Wildman–Crippen LogP) is 2.23. The van der Waals surface area contributed by atoms with Crippen LogP contribution in [0.5, 0.6) is 0 Å². The Labute approximate surface area is 206 Å². The number of carbonyl (C=O) groups is 2. The molecule has 35 heavy (non-hydrogen) atoms. The lowest BCUT2D eigenvalue weighted by Crippen LogP contribution is -2.38. The summed E-state index contributed by atoms with van der Waals surface area (Å²) in [7, 11) is -0.444. The molecule has 190 valence electrons. The minimum atomic E-state index is -3.77. The summed E-state index contributed by atoms with van der Waals surface area (Å²) in [5, 5.41) is 2.96. The summed E-state index contributed by atoms with van der Waals surface area (Å²) in [6.45, 7) is 1.66. The van der Waals surface area contributed by atoms with Gasteiger partial charge in [0.2, 0.25) is 21.4 Å². The molecular weight excluding hydrogens is 468 g/mol. The van der Waals surface area contributed by atoms with Crippen LogP contribution < -0.4 is 10.7 Å². The summed E-state index contributed by atoms with van der Waals surface area (Å²) >= 11 is 0. The molecule has 0 unspecified atom stereocenters. The van der Waals surface area contributed by atoms with E-state index < -0.39 is 21.4 Å². The highest BCUT2D eigenvalue weighted by Crippen LogP contribution is 2.27. The first-order chi connectivity index (χ1) is 16.7. The topological polar surface area (TPSA) is 109 Å². The lowest BCUT2D eigenvalue weighted by atomic mass is 9.96. The van der Waals surface area contributed by atoms with E-state index in [9.17, 15) is 22.8 Å². The minimum Gasteiger partial charge on any atom is -0.352 e. The van der Waals surface area contributed by atoms with Crippen molar-refractivity contribution in [1.29, 1.82) is 0 Å². The Morgan fingerprint density at radius 1 is 1.14 bits per heavy atom. The Hall–Kier alpha value is -2.72. The predicted molar refractivity (Wildman–Crippen MR) is 134 cm³/mol. The van der Waals surface area contributed by atoms with E-state index in [1.165, 1.54) is 22.6 Å². The number of benzene rings is 1. The van der Waals surface area contributed by atoms with E-state index >= 15 is 0 Å². The van der Waals surface area contributed by atoms with Gasteiger partial charge in [-0.2, -0.15) is 4.31 Å². The van der Waals surface area contributed by atoms with E-state index in [-0.39, 0.29) is 27.8 Å². The third kappa shape index (κ3) is 5.28. The second-order valence-corrected chi connectivity index (χ2v) is 11.6. The number of hydrogen-bond donors (Lipinski definition) is 1. The smallest absolute Gasteiger partial charge is 0.256 e. The molecule has 2 aromatic rings. The zero-order valence-corrected chi connectivity index (χ0v) is 21.3. The lowest BCUT2D eigenvalue weighted by molar-refractivity contribution is -0.127. The number of hydrogen-bond acceptors (Lipinski definition) is 5. The summed E-state index contributed by atoms with van der Waals surface area (Å²) < 4.78 is 29.7. The number of aromatic nitrogens is 1. The highest BCUT2D eigenvalue weighted by molar-refractivity contribution is 7.89. The second kappa shape index (κ2) is 10.5. The number of carbonyl (C=O) groups excluding carboxylic acids is 2. The fourth-order valence-corrected chi connectivity index (χ4v) is 6.55. The molecule has 0 bridgehead atoms. The van der Waals surface area contributed by atoms with Gasteiger partial charge in [-0.1, -0.05) is 19.3 Å². The Bertz CT molecular complexity index is 1280. The molecule has 1 aliphatic heterocycles. The summed E-state index contributed by atoms with van der Waals surface area (Å²) in [5.74, 6) is -0.368. The number of sulfonamides is 1. The molecule has 2 aliphatic rings. The van der Waals surface area contributed by atoms with Crippen LogP contribution in [-0.2, 0) is 21.9 Å². The van der Waals surface area contributed by atoms with Crippen LogP contribution in [0.25, 0.3) is 10.9 Å². The molecule has 9 nitrogen and oxygen atoms in total. The quantitative estimate of drug-likeness (QED) is 0.557. The number of nitrogens with zero attached hydrogens (tertiary/aromatic N) is 3. The number of fused-ring (bicyclic) bond motifs is 1. The molecule has 1 N–H and O–H groups in total. The van der Waals surface area contributed by atoms with E-state index in [1.54, 1.807) is 29.6 Å². The van der Waals surface area contributed by atoms with Gasteiger partial charge in [-0.05, 0) is 43.9 Å². The standard InChI is InChI=1S/C25H34N4O5S/c1-27-17-21(25(32)26-13-7-15-29-14-6-10-23(29)30)24(31)20-16-19(11-12-22(20)27)35(33,34)28(2)18-8-4-3-5-9-18/h11-12,16-18H,3-10,13-15H2,1-2H3,(H,26,32). The SMILES string of the molecule is CN(C1CCCCC1)S(=O)(=O)c1ccc2c(c1)c(=O)c(C(=O)NCCCN1CCCC1=O)cn2C. The number of rotatable bonds is 8. The minimum absolute atomic E-state index is 0.0348. The van der Waals surface area contributed by atoms with Gasteiger partial charge >= 0.3 is 0 Å². The fraction of sp³-hybridized carbons (Fsp3) is 0.560. The van der Waals surface area contributed by atoms with Crippen LogP contribution in [0.15, 0.2) is 34.1 Å². The van der Waals surface area contributed by atoms with Crippen LogP contribution in [0, 0.1) is 0 Å². The Morgan fingerprint density at radius 2 is 1.89 bits per heavy atom. The normalized spacial score (nSPS) is 17.5. The molecule has 0 atom stereocenters. The van der Waals surface area contributed by atoms with Crippen LogP contribution in [0.4, 0.5) is 0 Å². The molecule has 2 heterocycles. The van der Waals surface area contributed by atoms with Crippen molar-refractivity contribution in [3.63, 3.8) is 0 Å². The van der Waals surface area contributed by atoms with Gasteiger partial charge in [0.15, 0.2) is 0 Å². The van der Waals surface area contributed by atoms with Crippen LogP contribution in [0.2, 0.25) is 0 Å². The Balaban J connectivity index is 1.54. The zero-order chi connectivity index (χ0) is 25.2. The summed E-state index contributed by atoms with van der Waals surface area (Å²) in [5.41, 5.74) is 0.0217. The molecule has 2 amide bonds. The molecule has 4 rings (SSSR count). The first-order valence-corrected chi connectivity index (χ1v) is 13.8. The monoisotopic (exact) mass is 502 g/mol. The van der Waals surface area contributed by atoms with Gasteiger partial charge in [0.25, 0.3) is 5.91 Å². The van der Waals surface area contributed by atoms with Gasteiger partial charge in [0, 0.05) is 57.8 Å². The number of amides is 2. The van der Waals surface area contributed by atoms with Crippen molar-refractivity contribution in [1.82, 2.24) is 19.1 Å². The van der Waals surface area contributed by atoms with Gasteiger partial charge < -0.3 is 14.8 Å². The Kier molecular flexibility index (Phi) is 7.61. The zero-order valence-electron chi connectivity index (χ0n) is 20.5. The molecule has 1 saturated heterocycles. The van der Waals surface area contributed by atoms with E-state index in [2.05, 4.69) is 5.32 Å². The third-order valence-electron chi connectivity index (χ3n) is 7.23. The molecule has 1 aliphatic carbocycles. The second-order valence-electron chi connectivity index (χ2n) is 9.57. The maximum absolute atomic E-state index is 13.3. The highest BCUT2D eigenvalue weighted by atomic mass is 32.2. The van der Waals surface area contributed by atoms with Gasteiger partial charge in [-0.25, -0.2) is 8.42 Å². The van der Waals surface area contributed by atoms with E-state index in [0.717, 1.165) is 45.1 Å². The number of aryl methyl sites for hydroxylation is 1. The van der Waals surface area contributed by atoms with Crippen LogP contribution in [0.3, 0.4) is 0 Å². The van der Waals surface area contributed by atoms with Crippen LogP contribution in [-0.4, -0.2) is 66.7 Å². The van der Waals surface area contributed by atoms with Crippen molar-refractivity contribution in [2.45, 2.75) is 62.3 Å². The molecule has 10 heteroatoms. The molecule has 0 radical (unpaired) electrons. The number of likely N-dealkylation sites (tertiary alicyclic amines) is 1. The van der Waals surface area contributed by atoms with Crippen LogP contribution >= 0.6 is 0 Å². The molecule has 1 aromatic carbocycles. The van der Waals surface area contributed by atoms with Gasteiger partial charge in [-0.15, -0.1) is 0 Å². The molecule has 1 aromatic heterocycles. The largest absolute Gasteiger partial charge is 0.352 e. The molecule has 0 spiro atoms. The van der Waals surface area contributed by atoms with Crippen molar-refractivity contribution >= 4 is 32.7 Å². The number of pyridine rings is 1. The average Bonchev–Trinajstić information content (AvgIpc) is 3.28. The van der Waals surface area contributed by atoms with E-state index in [1.807, 2.05) is 0 Å². The van der Waals surface area contributed by atoms with Crippen LogP contribution in [0.1, 0.15) is 61.7 Å². The first kappa shape index (κ1) is 25.4. The molecule has 2 fully saturated rings. The van der Waals surface area contributed by atoms with Crippen molar-refractivity contribution in [2.75, 3.05) is 26.7 Å². The fourth-order valence-electron chi connectivity index (χ4n) is 5.11. The average molecular weight is 503 g/mol. The summed E-state index contributed by atoms with van der Waals surface area (Å²) in [6.07, 6.45) is 8.33. The van der Waals surface area contributed by atoms with Crippen molar-refractivity contribution in [2.24, 2.45) is 7.05 Å². The molecular formula is C25H34N4O5S. The first-order valence-electron chi connectivity index (χ1n) is 12.4. The highest BCUT2D eigenvalue weighted by Gasteiger charge is 2.29. The van der Waals surface area contributed by atoms with Gasteiger partial charge in [0.1, 0.15) is 5.56 Å². The number of nitrogens with one attached hydrogen (secondary N) is 1. The van der Waals surface area contributed by atoms with Crippen molar-refractivity contribution in [3.8, 4) is 0 Å². The van der Waals surface area contributed by atoms with Gasteiger partial charge in [-0.3, -0.25) is 14.4 Å². The summed E-state index contributed by atoms with van der Waals surface area (Å²) in [4.78, 5) is 39.6. The van der Waals surface area contributed by atoms with Crippen molar-refractivity contribution in [3.05, 3.63) is 40.2 Å². The maximum atomic E-state index is 13.3. The Morgan fingerprint density at radius 3 is 2.57 bits per heavy atom.